The molecule has 0 saturated heterocycles. The Labute approximate surface area is 128 Å². The lowest BCUT2D eigenvalue weighted by molar-refractivity contribution is 0.302. The number of ether oxygens (including phenoxy) is 1. The van der Waals surface area contributed by atoms with E-state index in [9.17, 15) is 4.39 Å². The van der Waals surface area contributed by atoms with Gasteiger partial charge in [-0.2, -0.15) is 0 Å². The fraction of sp³-hybridized carbons (Fsp3) is 0.294. The summed E-state index contributed by atoms with van der Waals surface area (Å²) in [6, 6.07) is 12.6. The van der Waals surface area contributed by atoms with Crippen LogP contribution in [0.5, 0.6) is 5.75 Å². The third-order valence-corrected chi connectivity index (χ3v) is 3.89. The van der Waals surface area contributed by atoms with E-state index >= 15 is 0 Å². The average Bonchev–Trinajstić information content (AvgIpc) is 3.29. The van der Waals surface area contributed by atoms with E-state index in [0.717, 1.165) is 24.2 Å². The number of benzene rings is 2. The highest BCUT2D eigenvalue weighted by molar-refractivity contribution is 6.30. The Balaban J connectivity index is 1.93. The van der Waals surface area contributed by atoms with Gasteiger partial charge in [-0.15, -0.1) is 0 Å². The molecule has 21 heavy (non-hydrogen) atoms. The molecule has 0 radical (unpaired) electrons. The molecule has 0 spiro atoms. The lowest BCUT2D eigenvalue weighted by atomic mass is 9.98. The van der Waals surface area contributed by atoms with Crippen LogP contribution in [0, 0.1) is 5.82 Å². The van der Waals surface area contributed by atoms with Crippen LogP contribution in [-0.2, 0) is 0 Å². The van der Waals surface area contributed by atoms with Crippen LogP contribution in [0.2, 0.25) is 5.02 Å². The predicted octanol–water partition coefficient (Wildman–Crippen LogP) is 4.33. The van der Waals surface area contributed by atoms with Gasteiger partial charge in [0.15, 0.2) is 0 Å². The first-order valence-electron chi connectivity index (χ1n) is 7.07. The maximum absolute atomic E-state index is 14.2. The summed E-state index contributed by atoms with van der Waals surface area (Å²) in [7, 11) is 1.80. The fourth-order valence-corrected chi connectivity index (χ4v) is 2.57. The highest BCUT2D eigenvalue weighted by Gasteiger charge is 2.24. The number of hydrogen-bond donors (Lipinski definition) is 1. The molecule has 2 nitrogen and oxygen atoms in total. The van der Waals surface area contributed by atoms with Gasteiger partial charge < -0.3 is 10.1 Å². The van der Waals surface area contributed by atoms with E-state index in [1.165, 1.54) is 0 Å². The zero-order valence-electron chi connectivity index (χ0n) is 11.8. The number of rotatable bonds is 5. The molecular weight excluding hydrogens is 289 g/mol. The van der Waals surface area contributed by atoms with Gasteiger partial charge in [0.1, 0.15) is 11.6 Å². The summed E-state index contributed by atoms with van der Waals surface area (Å²) in [4.78, 5) is 0. The Morgan fingerprint density at radius 1 is 1.24 bits per heavy atom. The molecule has 3 rings (SSSR count). The third kappa shape index (κ3) is 3.20. The summed E-state index contributed by atoms with van der Waals surface area (Å²) in [5.74, 6) is 0.449. The van der Waals surface area contributed by atoms with Crippen molar-refractivity contribution in [1.29, 1.82) is 0 Å². The van der Waals surface area contributed by atoms with Crippen LogP contribution in [0.3, 0.4) is 0 Å². The highest BCUT2D eigenvalue weighted by atomic mass is 35.5. The Morgan fingerprint density at radius 3 is 2.71 bits per heavy atom. The van der Waals surface area contributed by atoms with E-state index < -0.39 is 0 Å². The smallest absolute Gasteiger partial charge is 0.146 e. The van der Waals surface area contributed by atoms with Crippen LogP contribution in [0.1, 0.15) is 30.0 Å². The topological polar surface area (TPSA) is 21.3 Å². The normalized spacial score (nSPS) is 15.8. The van der Waals surface area contributed by atoms with E-state index in [1.807, 2.05) is 24.3 Å². The minimum atomic E-state index is -0.382. The van der Waals surface area contributed by atoms with Gasteiger partial charge in [-0.05, 0) is 43.7 Å². The van der Waals surface area contributed by atoms with E-state index in [4.69, 9.17) is 16.3 Å². The largest absolute Gasteiger partial charge is 0.490 e. The van der Waals surface area contributed by atoms with Crippen molar-refractivity contribution in [2.75, 3.05) is 7.05 Å². The Morgan fingerprint density at radius 2 is 2.00 bits per heavy atom. The summed E-state index contributed by atoms with van der Waals surface area (Å²) < 4.78 is 20.0. The van der Waals surface area contributed by atoms with Crippen LogP contribution in [0.25, 0.3) is 0 Å². The molecule has 0 heterocycles. The quantitative estimate of drug-likeness (QED) is 0.888. The van der Waals surface area contributed by atoms with Gasteiger partial charge in [0.2, 0.25) is 0 Å². The molecule has 0 aliphatic heterocycles. The molecule has 0 aromatic heterocycles. The molecule has 2 aromatic carbocycles. The van der Waals surface area contributed by atoms with E-state index in [0.29, 0.717) is 11.7 Å². The first-order valence-corrected chi connectivity index (χ1v) is 7.44. The summed E-state index contributed by atoms with van der Waals surface area (Å²) in [5.41, 5.74) is 1.49. The maximum atomic E-state index is 14.2. The molecule has 0 bridgehead atoms. The lowest BCUT2D eigenvalue weighted by Gasteiger charge is -2.19. The maximum Gasteiger partial charge on any atom is 0.146 e. The number of nitrogens with one attached hydrogen (secondary N) is 1. The van der Waals surface area contributed by atoms with Crippen LogP contribution in [0.15, 0.2) is 42.5 Å². The Hall–Kier alpha value is -1.58. The minimum absolute atomic E-state index is 0.137. The first-order chi connectivity index (χ1) is 10.2. The second-order valence-electron chi connectivity index (χ2n) is 5.25. The van der Waals surface area contributed by atoms with Crippen LogP contribution < -0.4 is 10.1 Å². The predicted molar refractivity (Wildman–Crippen MR) is 82.4 cm³/mol. The summed E-state index contributed by atoms with van der Waals surface area (Å²) in [6.45, 7) is 0. The second-order valence-corrected chi connectivity index (χ2v) is 5.66. The molecule has 2 aromatic rings. The van der Waals surface area contributed by atoms with Crippen molar-refractivity contribution in [3.8, 4) is 5.75 Å². The van der Waals surface area contributed by atoms with Gasteiger partial charge in [0.25, 0.3) is 0 Å². The van der Waals surface area contributed by atoms with Crippen molar-refractivity contribution in [3.63, 3.8) is 0 Å². The molecule has 4 heteroatoms. The monoisotopic (exact) mass is 305 g/mol. The van der Waals surface area contributed by atoms with Gasteiger partial charge in [-0.25, -0.2) is 4.39 Å². The minimum Gasteiger partial charge on any atom is -0.490 e. The highest BCUT2D eigenvalue weighted by Crippen LogP contribution is 2.31. The van der Waals surface area contributed by atoms with Crippen molar-refractivity contribution < 1.29 is 9.13 Å². The van der Waals surface area contributed by atoms with Gasteiger partial charge in [-0.3, -0.25) is 0 Å². The molecule has 1 aliphatic rings. The SMILES string of the molecule is CNC(c1cccc(OC2CC2)c1)c1cccc(Cl)c1F. The van der Waals surface area contributed by atoms with Gasteiger partial charge >= 0.3 is 0 Å². The zero-order chi connectivity index (χ0) is 14.8. The van der Waals surface area contributed by atoms with Crippen molar-refractivity contribution in [2.45, 2.75) is 25.0 Å². The van der Waals surface area contributed by atoms with Gasteiger partial charge in [0, 0.05) is 5.56 Å². The Bertz CT molecular complexity index is 642. The summed E-state index contributed by atoms with van der Waals surface area (Å²) in [6.07, 6.45) is 2.57. The Kier molecular flexibility index (Phi) is 4.13. The molecular formula is C17H17ClFNO. The number of halogens is 2. The fourth-order valence-electron chi connectivity index (χ4n) is 2.39. The van der Waals surface area contributed by atoms with Crippen molar-refractivity contribution >= 4 is 11.6 Å². The zero-order valence-corrected chi connectivity index (χ0v) is 12.5. The lowest BCUT2D eigenvalue weighted by Crippen LogP contribution is -2.19. The van der Waals surface area contributed by atoms with Crippen molar-refractivity contribution in [1.82, 2.24) is 5.32 Å². The molecule has 110 valence electrons. The molecule has 1 aliphatic carbocycles. The average molecular weight is 306 g/mol. The molecule has 1 atom stereocenters. The van der Waals surface area contributed by atoms with E-state index in [-0.39, 0.29) is 16.9 Å². The molecule has 1 saturated carbocycles. The number of hydrogen-bond acceptors (Lipinski definition) is 2. The van der Waals surface area contributed by atoms with Crippen LogP contribution >= 0.6 is 11.6 Å². The van der Waals surface area contributed by atoms with Crippen LogP contribution in [0.4, 0.5) is 4.39 Å². The summed E-state index contributed by atoms with van der Waals surface area (Å²) in [5, 5.41) is 3.28. The van der Waals surface area contributed by atoms with Crippen molar-refractivity contribution in [2.24, 2.45) is 0 Å². The second kappa shape index (κ2) is 6.04. The summed E-state index contributed by atoms with van der Waals surface area (Å²) >= 11 is 5.88. The molecule has 1 unspecified atom stereocenters. The van der Waals surface area contributed by atoms with Crippen molar-refractivity contribution in [3.05, 3.63) is 64.4 Å². The third-order valence-electron chi connectivity index (χ3n) is 3.60. The molecule has 0 amide bonds. The van der Waals surface area contributed by atoms with E-state index in [2.05, 4.69) is 5.32 Å². The van der Waals surface area contributed by atoms with Gasteiger partial charge in [-0.1, -0.05) is 35.9 Å². The molecule has 1 fully saturated rings. The first kappa shape index (κ1) is 14.4. The van der Waals surface area contributed by atoms with E-state index in [1.54, 1.807) is 25.2 Å². The molecule has 1 N–H and O–H groups in total. The van der Waals surface area contributed by atoms with Gasteiger partial charge in [0.05, 0.1) is 17.2 Å². The van der Waals surface area contributed by atoms with Crippen LogP contribution in [-0.4, -0.2) is 13.2 Å². The standard InChI is InChI=1S/C17H17ClFNO/c1-20-17(14-6-3-7-15(18)16(14)19)11-4-2-5-13(10-11)21-12-8-9-12/h2-7,10,12,17,20H,8-9H2,1H3.